The van der Waals surface area contributed by atoms with Crippen molar-refractivity contribution in [2.45, 2.75) is 374 Å². The summed E-state index contributed by atoms with van der Waals surface area (Å²) in [6.45, 7) is 7.08. The first kappa shape index (κ1) is 86.1. The molecule has 0 aromatic carbocycles. The maximum absolute atomic E-state index is 13.0. The number of hydrogen-bond donors (Lipinski definition) is 3. The number of unbranched alkanes of at least 4 members (excludes halogenated alkanes) is 41. The fourth-order valence-electron chi connectivity index (χ4n) is 10.5. The summed E-state index contributed by atoms with van der Waals surface area (Å²) in [6, 6.07) is 0. The Morgan fingerprint density at radius 2 is 0.523 bits per heavy atom. The number of carbonyl (C=O) groups is 4. The van der Waals surface area contributed by atoms with Gasteiger partial charge in [0.25, 0.3) is 0 Å². The van der Waals surface area contributed by atoms with Crippen LogP contribution in [-0.2, 0) is 65.4 Å². The summed E-state index contributed by atoms with van der Waals surface area (Å²) in [6.07, 6.45) is 49.6. The summed E-state index contributed by atoms with van der Waals surface area (Å²) < 4.78 is 67.7. The molecule has 0 spiro atoms. The van der Waals surface area contributed by atoms with Gasteiger partial charge in [0.2, 0.25) is 0 Å². The van der Waals surface area contributed by atoms with Gasteiger partial charge in [0.1, 0.15) is 19.3 Å². The molecule has 0 rings (SSSR count). The van der Waals surface area contributed by atoms with E-state index in [1.54, 1.807) is 0 Å². The van der Waals surface area contributed by atoms with Crippen molar-refractivity contribution < 1.29 is 80.2 Å². The molecule has 0 fully saturated rings. The number of esters is 4. The molecular formula is C69H134O17P2. The van der Waals surface area contributed by atoms with Crippen LogP contribution in [0.4, 0.5) is 0 Å². The lowest BCUT2D eigenvalue weighted by Gasteiger charge is -2.21. The van der Waals surface area contributed by atoms with Crippen molar-refractivity contribution in [3.63, 3.8) is 0 Å². The van der Waals surface area contributed by atoms with Crippen molar-refractivity contribution in [2.75, 3.05) is 39.6 Å². The Kier molecular flexibility index (Phi) is 61.1. The molecule has 0 heterocycles. The molecule has 522 valence electrons. The van der Waals surface area contributed by atoms with Gasteiger partial charge in [0.05, 0.1) is 26.4 Å². The highest BCUT2D eigenvalue weighted by molar-refractivity contribution is 7.47. The van der Waals surface area contributed by atoms with Crippen molar-refractivity contribution in [3.05, 3.63) is 0 Å². The fraction of sp³-hybridized carbons (Fsp3) is 0.942. The van der Waals surface area contributed by atoms with E-state index in [9.17, 15) is 43.2 Å². The van der Waals surface area contributed by atoms with Gasteiger partial charge in [-0.2, -0.15) is 0 Å². The van der Waals surface area contributed by atoms with E-state index in [0.717, 1.165) is 102 Å². The standard InChI is InChI=1S/C69H134O17P2/c1-6-9-12-15-16-17-18-19-20-21-22-23-27-30-33-36-39-44-48-53-67(72)80-59-65(86-69(74)55-50-45-40-37-34-31-28-25-24-26-29-32-35-38-43-46-51-62(4)5)61-84-88(77,78)82-57-63(70)56-81-87(75,76)83-60-64(85-68(73)54-49-42-14-11-8-3)58-79-66(71)52-47-41-13-10-7-2/h62-65,70H,6-61H2,1-5H3,(H,75,76)(H,77,78)/t63-,64+,65+/m0/s1. The molecule has 0 aliphatic carbocycles. The predicted octanol–water partition coefficient (Wildman–Crippen LogP) is 19.7. The predicted molar refractivity (Wildman–Crippen MR) is 354 cm³/mol. The van der Waals surface area contributed by atoms with Crippen molar-refractivity contribution in [1.29, 1.82) is 0 Å². The molecule has 2 unspecified atom stereocenters. The maximum atomic E-state index is 13.0. The van der Waals surface area contributed by atoms with Crippen LogP contribution in [0.2, 0.25) is 0 Å². The van der Waals surface area contributed by atoms with Gasteiger partial charge in [-0.3, -0.25) is 37.3 Å². The lowest BCUT2D eigenvalue weighted by Crippen LogP contribution is -2.30. The van der Waals surface area contributed by atoms with Gasteiger partial charge >= 0.3 is 39.5 Å². The van der Waals surface area contributed by atoms with Gasteiger partial charge in [0, 0.05) is 25.7 Å². The van der Waals surface area contributed by atoms with Crippen LogP contribution in [0, 0.1) is 5.92 Å². The number of aliphatic hydroxyl groups is 1. The minimum Gasteiger partial charge on any atom is -0.462 e. The van der Waals surface area contributed by atoms with Crippen molar-refractivity contribution in [1.82, 2.24) is 0 Å². The summed E-state index contributed by atoms with van der Waals surface area (Å²) in [5.41, 5.74) is 0. The molecule has 0 saturated carbocycles. The highest BCUT2D eigenvalue weighted by Crippen LogP contribution is 2.45. The average Bonchev–Trinajstić information content (AvgIpc) is 3.63. The Labute approximate surface area is 537 Å². The summed E-state index contributed by atoms with van der Waals surface area (Å²) in [7, 11) is -9.87. The second-order valence-corrected chi connectivity index (χ2v) is 28.3. The van der Waals surface area contributed by atoms with Crippen LogP contribution in [0.15, 0.2) is 0 Å². The van der Waals surface area contributed by atoms with E-state index in [1.807, 2.05) is 0 Å². The summed E-state index contributed by atoms with van der Waals surface area (Å²) >= 11 is 0. The number of phosphoric ester groups is 2. The van der Waals surface area contributed by atoms with Gasteiger partial charge in [-0.1, -0.05) is 304 Å². The lowest BCUT2D eigenvalue weighted by molar-refractivity contribution is -0.161. The molecule has 0 aliphatic rings. The summed E-state index contributed by atoms with van der Waals surface area (Å²) in [5.74, 6) is -1.34. The zero-order valence-corrected chi connectivity index (χ0v) is 58.6. The van der Waals surface area contributed by atoms with E-state index in [-0.39, 0.29) is 25.7 Å². The summed E-state index contributed by atoms with van der Waals surface area (Å²) in [4.78, 5) is 71.9. The molecule has 0 aromatic rings. The zero-order chi connectivity index (χ0) is 64.9. The molecule has 17 nitrogen and oxygen atoms in total. The van der Waals surface area contributed by atoms with Crippen LogP contribution in [-0.4, -0.2) is 96.7 Å². The highest BCUT2D eigenvalue weighted by atomic mass is 31.2. The highest BCUT2D eigenvalue weighted by Gasteiger charge is 2.30. The topological polar surface area (TPSA) is 237 Å². The molecule has 0 amide bonds. The first-order valence-corrected chi connectivity index (χ1v) is 39.1. The lowest BCUT2D eigenvalue weighted by atomic mass is 10.0. The van der Waals surface area contributed by atoms with Gasteiger partial charge in [-0.25, -0.2) is 9.13 Å². The first-order valence-electron chi connectivity index (χ1n) is 36.1. The molecule has 5 atom stereocenters. The molecule has 0 aliphatic heterocycles. The number of phosphoric acid groups is 2. The largest absolute Gasteiger partial charge is 0.472 e. The second kappa shape index (κ2) is 62.5. The molecule has 3 N–H and O–H groups in total. The third-order valence-corrected chi connectivity index (χ3v) is 17.9. The van der Waals surface area contributed by atoms with Crippen LogP contribution in [0.5, 0.6) is 0 Å². The Balaban J connectivity index is 5.04. The van der Waals surface area contributed by atoms with E-state index < -0.39 is 97.5 Å². The van der Waals surface area contributed by atoms with Crippen LogP contribution in [0.1, 0.15) is 356 Å². The van der Waals surface area contributed by atoms with Gasteiger partial charge in [-0.15, -0.1) is 0 Å². The molecule has 19 heteroatoms. The molecule has 0 aromatic heterocycles. The normalized spacial score (nSPS) is 14.1. The minimum absolute atomic E-state index is 0.0991. The van der Waals surface area contributed by atoms with E-state index in [2.05, 4.69) is 34.6 Å². The van der Waals surface area contributed by atoms with Crippen LogP contribution in [0.25, 0.3) is 0 Å². The SMILES string of the molecule is CCCCCCCCCCCCCCCCCCCCCC(=O)OC[C@H](COP(=O)(O)OC[C@@H](O)COP(=O)(O)OC[C@@H](COC(=O)CCCCCCC)OC(=O)CCCCCCC)OC(=O)CCCCCCCCCCCCCCCCCCC(C)C. The third kappa shape index (κ3) is 62.8. The molecular weight excluding hydrogens is 1160 g/mol. The summed E-state index contributed by atoms with van der Waals surface area (Å²) in [5, 5.41) is 10.5. The minimum atomic E-state index is -4.95. The second-order valence-electron chi connectivity index (χ2n) is 25.4. The van der Waals surface area contributed by atoms with Crippen LogP contribution >= 0.6 is 15.6 Å². The van der Waals surface area contributed by atoms with E-state index in [0.29, 0.717) is 25.7 Å². The van der Waals surface area contributed by atoms with Gasteiger partial charge in [-0.05, 0) is 31.6 Å². The Hall–Kier alpha value is -1.94. The van der Waals surface area contributed by atoms with E-state index in [1.165, 1.54) is 173 Å². The van der Waals surface area contributed by atoms with Crippen LogP contribution in [0.3, 0.4) is 0 Å². The zero-order valence-electron chi connectivity index (χ0n) is 56.9. The average molecular weight is 1300 g/mol. The molecule has 0 saturated heterocycles. The van der Waals surface area contributed by atoms with Gasteiger partial charge in [0.15, 0.2) is 12.2 Å². The van der Waals surface area contributed by atoms with E-state index >= 15 is 0 Å². The Morgan fingerprint density at radius 1 is 0.307 bits per heavy atom. The number of carbonyl (C=O) groups excluding carboxylic acids is 4. The maximum Gasteiger partial charge on any atom is 0.472 e. The van der Waals surface area contributed by atoms with Crippen molar-refractivity contribution in [3.8, 4) is 0 Å². The monoisotopic (exact) mass is 1300 g/mol. The number of ether oxygens (including phenoxy) is 4. The van der Waals surface area contributed by atoms with Crippen LogP contribution < -0.4 is 0 Å². The molecule has 0 bridgehead atoms. The van der Waals surface area contributed by atoms with Crippen molar-refractivity contribution >= 4 is 39.5 Å². The van der Waals surface area contributed by atoms with Crippen molar-refractivity contribution in [2.24, 2.45) is 5.92 Å². The number of aliphatic hydroxyl groups excluding tert-OH is 1. The smallest absolute Gasteiger partial charge is 0.462 e. The first-order chi connectivity index (χ1) is 42.5. The van der Waals surface area contributed by atoms with E-state index in [4.69, 9.17) is 37.0 Å². The quantitative estimate of drug-likeness (QED) is 0.0222. The number of hydrogen-bond acceptors (Lipinski definition) is 15. The number of rotatable bonds is 69. The fourth-order valence-corrected chi connectivity index (χ4v) is 12.0. The Morgan fingerprint density at radius 3 is 0.773 bits per heavy atom. The Bertz CT molecular complexity index is 1700. The van der Waals surface area contributed by atoms with Gasteiger partial charge < -0.3 is 33.8 Å². The molecule has 88 heavy (non-hydrogen) atoms. The molecule has 0 radical (unpaired) electrons. The third-order valence-electron chi connectivity index (χ3n) is 16.0.